The van der Waals surface area contributed by atoms with Crippen molar-refractivity contribution in [1.29, 1.82) is 0 Å². The van der Waals surface area contributed by atoms with Crippen molar-refractivity contribution in [3.8, 4) is 0 Å². The Kier molecular flexibility index (Phi) is 6.46. The summed E-state index contributed by atoms with van der Waals surface area (Å²) >= 11 is 0. The summed E-state index contributed by atoms with van der Waals surface area (Å²) in [6.45, 7) is 7.48. The molecule has 1 aliphatic heterocycles. The molecule has 20 heavy (non-hydrogen) atoms. The van der Waals surface area contributed by atoms with Crippen LogP contribution < -0.4 is 5.32 Å². The standard InChI is InChI=1S/C15H28N2O3/c1-4-15(5-2,11-18)10-16-14(20)13-7-6-8-17(9-13)12(3)19/h13,18H,4-11H2,1-3H3,(H,16,20). The lowest BCUT2D eigenvalue weighted by molar-refractivity contribution is -0.134. The first kappa shape index (κ1) is 17.0. The van der Waals surface area contributed by atoms with Crippen molar-refractivity contribution in [3.63, 3.8) is 0 Å². The van der Waals surface area contributed by atoms with E-state index >= 15 is 0 Å². The van der Waals surface area contributed by atoms with Crippen molar-refractivity contribution >= 4 is 11.8 Å². The van der Waals surface area contributed by atoms with Crippen LogP contribution in [0.15, 0.2) is 0 Å². The van der Waals surface area contributed by atoms with Crippen LogP contribution in [0.5, 0.6) is 0 Å². The number of rotatable bonds is 6. The van der Waals surface area contributed by atoms with Gasteiger partial charge in [0.2, 0.25) is 11.8 Å². The van der Waals surface area contributed by atoms with Crippen LogP contribution in [0.4, 0.5) is 0 Å². The smallest absolute Gasteiger partial charge is 0.224 e. The van der Waals surface area contributed by atoms with Crippen LogP contribution in [0.25, 0.3) is 0 Å². The van der Waals surface area contributed by atoms with E-state index in [1.54, 1.807) is 11.8 Å². The summed E-state index contributed by atoms with van der Waals surface area (Å²) in [4.78, 5) is 25.4. The Hall–Kier alpha value is -1.10. The fourth-order valence-corrected chi connectivity index (χ4v) is 2.68. The van der Waals surface area contributed by atoms with E-state index in [4.69, 9.17) is 0 Å². The number of likely N-dealkylation sites (tertiary alicyclic amines) is 1. The van der Waals surface area contributed by atoms with E-state index < -0.39 is 0 Å². The molecule has 1 aliphatic rings. The van der Waals surface area contributed by atoms with Gasteiger partial charge >= 0.3 is 0 Å². The second kappa shape index (κ2) is 7.62. The first-order chi connectivity index (χ1) is 9.48. The van der Waals surface area contributed by atoms with Gasteiger partial charge in [-0.25, -0.2) is 0 Å². The number of aliphatic hydroxyl groups is 1. The maximum Gasteiger partial charge on any atom is 0.224 e. The van der Waals surface area contributed by atoms with Gasteiger partial charge in [0.05, 0.1) is 12.5 Å². The predicted octanol–water partition coefficient (Wildman–Crippen LogP) is 1.16. The molecular weight excluding hydrogens is 256 g/mol. The molecule has 0 aromatic heterocycles. The predicted molar refractivity (Wildman–Crippen MR) is 78.1 cm³/mol. The fraction of sp³-hybridized carbons (Fsp3) is 0.867. The molecule has 1 unspecified atom stereocenters. The summed E-state index contributed by atoms with van der Waals surface area (Å²) in [6, 6.07) is 0. The molecule has 0 saturated carbocycles. The van der Waals surface area contributed by atoms with Gasteiger partial charge in [0.25, 0.3) is 0 Å². The molecule has 1 fully saturated rings. The lowest BCUT2D eigenvalue weighted by Gasteiger charge is -2.33. The van der Waals surface area contributed by atoms with Crippen LogP contribution in [0, 0.1) is 11.3 Å². The SMILES string of the molecule is CCC(CC)(CO)CNC(=O)C1CCCN(C(C)=O)C1. The van der Waals surface area contributed by atoms with E-state index in [-0.39, 0.29) is 29.8 Å². The number of amides is 2. The number of hydrogen-bond acceptors (Lipinski definition) is 3. The van der Waals surface area contributed by atoms with Crippen molar-refractivity contribution in [2.75, 3.05) is 26.2 Å². The van der Waals surface area contributed by atoms with Gasteiger partial charge in [-0.1, -0.05) is 13.8 Å². The molecule has 0 aliphatic carbocycles. The Labute approximate surface area is 121 Å². The monoisotopic (exact) mass is 284 g/mol. The van der Waals surface area contributed by atoms with E-state index in [0.717, 1.165) is 32.2 Å². The Morgan fingerprint density at radius 3 is 2.50 bits per heavy atom. The van der Waals surface area contributed by atoms with Gasteiger partial charge in [-0.2, -0.15) is 0 Å². The normalized spacial score (nSPS) is 19.8. The molecule has 1 rings (SSSR count). The minimum absolute atomic E-state index is 0.00988. The molecule has 5 heteroatoms. The maximum atomic E-state index is 12.2. The molecule has 0 radical (unpaired) electrons. The molecule has 1 saturated heterocycles. The van der Waals surface area contributed by atoms with E-state index in [1.165, 1.54) is 0 Å². The number of nitrogens with zero attached hydrogens (tertiary/aromatic N) is 1. The first-order valence-electron chi connectivity index (χ1n) is 7.62. The average molecular weight is 284 g/mol. The van der Waals surface area contributed by atoms with Gasteiger partial charge in [0.1, 0.15) is 0 Å². The number of carbonyl (C=O) groups excluding carboxylic acids is 2. The van der Waals surface area contributed by atoms with Crippen molar-refractivity contribution in [2.45, 2.75) is 46.5 Å². The minimum Gasteiger partial charge on any atom is -0.396 e. The lowest BCUT2D eigenvalue weighted by atomic mass is 9.83. The molecule has 0 aromatic rings. The third-order valence-corrected chi connectivity index (χ3v) is 4.71. The third kappa shape index (κ3) is 4.20. The number of carbonyl (C=O) groups is 2. The van der Waals surface area contributed by atoms with Crippen LogP contribution in [0.1, 0.15) is 46.5 Å². The Bertz CT molecular complexity index is 332. The Balaban J connectivity index is 2.52. The van der Waals surface area contributed by atoms with Crippen LogP contribution in [0.3, 0.4) is 0 Å². The fourth-order valence-electron chi connectivity index (χ4n) is 2.68. The molecule has 0 aromatic carbocycles. The molecule has 0 bridgehead atoms. The van der Waals surface area contributed by atoms with E-state index in [2.05, 4.69) is 5.32 Å². The second-order valence-electron chi connectivity index (χ2n) is 5.89. The summed E-state index contributed by atoms with van der Waals surface area (Å²) in [5.74, 6) is -0.0669. The molecule has 5 nitrogen and oxygen atoms in total. The summed E-state index contributed by atoms with van der Waals surface area (Å²) in [6.07, 6.45) is 3.39. The van der Waals surface area contributed by atoms with Gasteiger partial charge in [-0.3, -0.25) is 9.59 Å². The average Bonchev–Trinajstić information content (AvgIpc) is 2.49. The number of hydrogen-bond donors (Lipinski definition) is 2. The maximum absolute atomic E-state index is 12.2. The van der Waals surface area contributed by atoms with Crippen molar-refractivity contribution in [2.24, 2.45) is 11.3 Å². The first-order valence-corrected chi connectivity index (χ1v) is 7.62. The summed E-state index contributed by atoms with van der Waals surface area (Å²) < 4.78 is 0. The summed E-state index contributed by atoms with van der Waals surface area (Å²) in [7, 11) is 0. The molecule has 2 amide bonds. The third-order valence-electron chi connectivity index (χ3n) is 4.71. The highest BCUT2D eigenvalue weighted by Crippen LogP contribution is 2.25. The zero-order valence-corrected chi connectivity index (χ0v) is 12.9. The van der Waals surface area contributed by atoms with Gasteiger partial charge in [0, 0.05) is 32.0 Å². The highest BCUT2D eigenvalue weighted by molar-refractivity contribution is 5.80. The molecule has 0 spiro atoms. The second-order valence-corrected chi connectivity index (χ2v) is 5.89. The summed E-state index contributed by atoms with van der Waals surface area (Å²) in [5, 5.41) is 12.5. The van der Waals surface area contributed by atoms with Crippen LogP contribution in [-0.2, 0) is 9.59 Å². The largest absolute Gasteiger partial charge is 0.396 e. The van der Waals surface area contributed by atoms with E-state index in [0.29, 0.717) is 13.1 Å². The molecule has 116 valence electrons. The zero-order chi connectivity index (χ0) is 15.2. The number of piperidine rings is 1. The molecular formula is C15H28N2O3. The summed E-state index contributed by atoms with van der Waals surface area (Å²) in [5.41, 5.74) is -0.218. The minimum atomic E-state index is -0.218. The van der Waals surface area contributed by atoms with Gasteiger partial charge in [0.15, 0.2) is 0 Å². The van der Waals surface area contributed by atoms with Crippen molar-refractivity contribution in [1.82, 2.24) is 10.2 Å². The zero-order valence-electron chi connectivity index (χ0n) is 12.9. The van der Waals surface area contributed by atoms with Crippen LogP contribution in [0.2, 0.25) is 0 Å². The molecule has 1 heterocycles. The van der Waals surface area contributed by atoms with Gasteiger partial charge < -0.3 is 15.3 Å². The van der Waals surface area contributed by atoms with Crippen molar-refractivity contribution < 1.29 is 14.7 Å². The Morgan fingerprint density at radius 1 is 1.35 bits per heavy atom. The topological polar surface area (TPSA) is 69.6 Å². The highest BCUT2D eigenvalue weighted by Gasteiger charge is 2.30. The Morgan fingerprint density at radius 2 is 2.00 bits per heavy atom. The van der Waals surface area contributed by atoms with Crippen LogP contribution >= 0.6 is 0 Å². The molecule has 2 N–H and O–H groups in total. The molecule has 1 atom stereocenters. The highest BCUT2D eigenvalue weighted by atomic mass is 16.3. The van der Waals surface area contributed by atoms with E-state index in [9.17, 15) is 14.7 Å². The van der Waals surface area contributed by atoms with Gasteiger partial charge in [-0.15, -0.1) is 0 Å². The number of nitrogens with one attached hydrogen (secondary N) is 1. The lowest BCUT2D eigenvalue weighted by Crippen LogP contribution is -2.47. The van der Waals surface area contributed by atoms with E-state index in [1.807, 2.05) is 13.8 Å². The number of aliphatic hydroxyl groups excluding tert-OH is 1. The van der Waals surface area contributed by atoms with Gasteiger partial charge in [-0.05, 0) is 25.7 Å². The van der Waals surface area contributed by atoms with Crippen LogP contribution in [-0.4, -0.2) is 48.1 Å². The van der Waals surface area contributed by atoms with Crippen molar-refractivity contribution in [3.05, 3.63) is 0 Å². The quantitative estimate of drug-likeness (QED) is 0.769.